The van der Waals surface area contributed by atoms with Gasteiger partial charge in [-0.3, -0.25) is 19.1 Å². The SMILES string of the molecule is COCCOc1cnc2c(Oc3ccc(CC(=O)c4ccc(C)n(-c5ccc(F)cc5)c4=O)cc3F)ccnc2c1. The summed E-state index contributed by atoms with van der Waals surface area (Å²) in [5.41, 5.74) is 1.71. The van der Waals surface area contributed by atoms with Crippen molar-refractivity contribution in [3.63, 3.8) is 0 Å². The number of nitrogens with zero attached hydrogens (tertiary/aromatic N) is 3. The van der Waals surface area contributed by atoms with Gasteiger partial charge in [0.15, 0.2) is 23.1 Å². The zero-order valence-electron chi connectivity index (χ0n) is 22.3. The molecule has 10 heteroatoms. The first-order chi connectivity index (χ1) is 19.8. The number of ether oxygens (including phenoxy) is 3. The Hall–Kier alpha value is -4.96. The molecule has 8 nitrogen and oxygen atoms in total. The summed E-state index contributed by atoms with van der Waals surface area (Å²) >= 11 is 0. The predicted octanol–water partition coefficient (Wildman–Crippen LogP) is 5.61. The zero-order chi connectivity index (χ0) is 28.9. The molecular formula is C31H25F2N3O5. The maximum absolute atomic E-state index is 15.1. The van der Waals surface area contributed by atoms with Crippen LogP contribution in [0, 0.1) is 18.6 Å². The third kappa shape index (κ3) is 6.12. The number of rotatable bonds is 10. The van der Waals surface area contributed by atoms with Crippen LogP contribution in [0.1, 0.15) is 21.6 Å². The number of methoxy groups -OCH3 is 1. The molecule has 3 aromatic heterocycles. The minimum absolute atomic E-state index is 0.0550. The number of ketones is 1. The first-order valence-corrected chi connectivity index (χ1v) is 12.7. The molecule has 208 valence electrons. The Balaban J connectivity index is 1.34. The minimum atomic E-state index is -0.688. The largest absolute Gasteiger partial charge is 0.489 e. The number of fused-ring (bicyclic) bond motifs is 1. The molecule has 0 aliphatic heterocycles. The molecule has 41 heavy (non-hydrogen) atoms. The monoisotopic (exact) mass is 557 g/mol. The molecule has 0 radical (unpaired) electrons. The topological polar surface area (TPSA) is 92.5 Å². The lowest BCUT2D eigenvalue weighted by molar-refractivity contribution is 0.0991. The van der Waals surface area contributed by atoms with Gasteiger partial charge in [-0.25, -0.2) is 13.8 Å². The van der Waals surface area contributed by atoms with E-state index >= 15 is 4.39 Å². The second-order valence-corrected chi connectivity index (χ2v) is 9.16. The van der Waals surface area contributed by atoms with E-state index in [9.17, 15) is 14.0 Å². The van der Waals surface area contributed by atoms with Gasteiger partial charge < -0.3 is 14.2 Å². The fourth-order valence-corrected chi connectivity index (χ4v) is 4.28. The fourth-order valence-electron chi connectivity index (χ4n) is 4.28. The van der Waals surface area contributed by atoms with Crippen LogP contribution in [0.3, 0.4) is 0 Å². The zero-order valence-corrected chi connectivity index (χ0v) is 22.3. The van der Waals surface area contributed by atoms with E-state index in [1.165, 1.54) is 59.4 Å². The van der Waals surface area contributed by atoms with Crippen molar-refractivity contribution in [1.29, 1.82) is 0 Å². The van der Waals surface area contributed by atoms with Crippen LogP contribution in [0.5, 0.6) is 17.2 Å². The molecule has 0 aliphatic rings. The van der Waals surface area contributed by atoms with Crippen molar-refractivity contribution in [3.8, 4) is 22.9 Å². The molecule has 0 atom stereocenters. The third-order valence-corrected chi connectivity index (χ3v) is 6.32. The molecular weight excluding hydrogens is 532 g/mol. The van der Waals surface area contributed by atoms with Gasteiger partial charge >= 0.3 is 0 Å². The van der Waals surface area contributed by atoms with Crippen LogP contribution in [0.15, 0.2) is 83.9 Å². The Morgan fingerprint density at radius 1 is 0.927 bits per heavy atom. The second kappa shape index (κ2) is 12.1. The van der Waals surface area contributed by atoms with E-state index in [0.29, 0.717) is 52.7 Å². The van der Waals surface area contributed by atoms with E-state index in [0.717, 1.165) is 0 Å². The smallest absolute Gasteiger partial charge is 0.266 e. The summed E-state index contributed by atoms with van der Waals surface area (Å²) in [6.07, 6.45) is 2.83. The lowest BCUT2D eigenvalue weighted by Crippen LogP contribution is -2.27. The Morgan fingerprint density at radius 2 is 1.73 bits per heavy atom. The number of halogens is 2. The number of Topliss-reactive ketones (excluding diaryl/α,β-unsaturated/α-hetero) is 1. The molecule has 0 aliphatic carbocycles. The Kier molecular flexibility index (Phi) is 8.11. The van der Waals surface area contributed by atoms with Gasteiger partial charge in [0.1, 0.15) is 23.7 Å². The highest BCUT2D eigenvalue weighted by atomic mass is 19.1. The summed E-state index contributed by atoms with van der Waals surface area (Å²) in [5.74, 6) is -0.865. The summed E-state index contributed by atoms with van der Waals surface area (Å²) in [6, 6.07) is 15.9. The van der Waals surface area contributed by atoms with Crippen molar-refractivity contribution in [1.82, 2.24) is 14.5 Å². The number of aryl methyl sites for hydroxylation is 1. The van der Waals surface area contributed by atoms with Crippen molar-refractivity contribution in [3.05, 3.63) is 118 Å². The van der Waals surface area contributed by atoms with E-state index in [4.69, 9.17) is 14.2 Å². The summed E-state index contributed by atoms with van der Waals surface area (Å²) in [5, 5.41) is 0. The van der Waals surface area contributed by atoms with Crippen molar-refractivity contribution < 1.29 is 27.8 Å². The fraction of sp³-hybridized carbons (Fsp3) is 0.161. The molecule has 0 fully saturated rings. The van der Waals surface area contributed by atoms with Crippen LogP contribution < -0.4 is 15.0 Å². The van der Waals surface area contributed by atoms with Gasteiger partial charge in [0.05, 0.1) is 23.9 Å². The Labute approximate surface area is 233 Å². The normalized spacial score (nSPS) is 11.0. The van der Waals surface area contributed by atoms with Gasteiger partial charge in [-0.05, 0) is 61.0 Å². The summed E-state index contributed by atoms with van der Waals surface area (Å²) in [7, 11) is 1.58. The number of carbonyl (C=O) groups is 1. The quantitative estimate of drug-likeness (QED) is 0.163. The highest BCUT2D eigenvalue weighted by Crippen LogP contribution is 2.31. The average Bonchev–Trinajstić information content (AvgIpc) is 2.95. The first-order valence-electron chi connectivity index (χ1n) is 12.7. The van der Waals surface area contributed by atoms with Crippen molar-refractivity contribution in [2.45, 2.75) is 13.3 Å². The van der Waals surface area contributed by atoms with Crippen molar-refractivity contribution in [2.24, 2.45) is 0 Å². The highest BCUT2D eigenvalue weighted by molar-refractivity contribution is 5.97. The van der Waals surface area contributed by atoms with Crippen LogP contribution in [0.25, 0.3) is 16.7 Å². The van der Waals surface area contributed by atoms with Gasteiger partial charge in [-0.15, -0.1) is 0 Å². The van der Waals surface area contributed by atoms with Gasteiger partial charge in [0.2, 0.25) is 0 Å². The van der Waals surface area contributed by atoms with Crippen LogP contribution in [-0.2, 0) is 11.2 Å². The molecule has 5 aromatic rings. The standard InChI is InChI=1S/C31H25F2N3O5/c1-19-3-9-24(31(38)36(19)22-7-5-21(32)6-8-22)27(37)16-20-4-10-28(25(33)15-20)41-29-11-12-34-26-17-23(18-35-30(26)29)40-14-13-39-2/h3-12,15,17-18H,13-14,16H2,1-2H3. The third-order valence-electron chi connectivity index (χ3n) is 6.32. The van der Waals surface area contributed by atoms with E-state index in [1.807, 2.05) is 0 Å². The molecule has 0 spiro atoms. The average molecular weight is 558 g/mol. The van der Waals surface area contributed by atoms with Crippen LogP contribution >= 0.6 is 0 Å². The van der Waals surface area contributed by atoms with Gasteiger partial charge in [-0.2, -0.15) is 0 Å². The maximum atomic E-state index is 15.1. The molecule has 0 N–H and O–H groups in total. The molecule has 0 amide bonds. The van der Waals surface area contributed by atoms with Crippen LogP contribution in [0.4, 0.5) is 8.78 Å². The highest BCUT2D eigenvalue weighted by Gasteiger charge is 2.17. The molecule has 0 saturated heterocycles. The maximum Gasteiger partial charge on any atom is 0.266 e. The predicted molar refractivity (Wildman–Crippen MR) is 148 cm³/mol. The lowest BCUT2D eigenvalue weighted by atomic mass is 10.0. The number of aromatic nitrogens is 3. The van der Waals surface area contributed by atoms with Crippen molar-refractivity contribution in [2.75, 3.05) is 20.3 Å². The van der Waals surface area contributed by atoms with Gasteiger partial charge in [-0.1, -0.05) is 6.07 Å². The molecule has 0 saturated carbocycles. The molecule has 3 heterocycles. The van der Waals surface area contributed by atoms with Gasteiger partial charge in [0, 0.05) is 43.2 Å². The second-order valence-electron chi connectivity index (χ2n) is 9.16. The Bertz CT molecular complexity index is 1790. The minimum Gasteiger partial charge on any atom is -0.489 e. The van der Waals surface area contributed by atoms with Gasteiger partial charge in [0.25, 0.3) is 5.56 Å². The summed E-state index contributed by atoms with van der Waals surface area (Å²) < 4.78 is 46.1. The summed E-state index contributed by atoms with van der Waals surface area (Å²) in [4.78, 5) is 34.9. The van der Waals surface area contributed by atoms with Crippen molar-refractivity contribution >= 4 is 16.8 Å². The lowest BCUT2D eigenvalue weighted by Gasteiger charge is -2.12. The van der Waals surface area contributed by atoms with Crippen LogP contribution in [-0.4, -0.2) is 40.6 Å². The number of hydrogen-bond donors (Lipinski definition) is 0. The molecule has 0 unspecified atom stereocenters. The van der Waals surface area contributed by atoms with E-state index in [-0.39, 0.29) is 17.7 Å². The number of benzene rings is 2. The molecule has 0 bridgehead atoms. The number of hydrogen-bond acceptors (Lipinski definition) is 7. The van der Waals surface area contributed by atoms with E-state index in [2.05, 4.69) is 9.97 Å². The van der Waals surface area contributed by atoms with E-state index < -0.39 is 23.0 Å². The summed E-state index contributed by atoms with van der Waals surface area (Å²) in [6.45, 7) is 2.49. The van der Waals surface area contributed by atoms with Crippen LogP contribution in [0.2, 0.25) is 0 Å². The number of carbonyl (C=O) groups excluding carboxylic acids is 1. The molecule has 5 rings (SSSR count). The first kappa shape index (κ1) is 27.6. The molecule has 2 aromatic carbocycles. The number of pyridine rings is 3. The van der Waals surface area contributed by atoms with E-state index in [1.54, 1.807) is 38.3 Å². The Morgan fingerprint density at radius 3 is 2.49 bits per heavy atom.